The van der Waals surface area contributed by atoms with Crippen LogP contribution < -0.4 is 15.5 Å². The Balaban J connectivity index is 1.62. The van der Waals surface area contributed by atoms with Crippen molar-refractivity contribution in [3.05, 3.63) is 72.2 Å². The lowest BCUT2D eigenvalue weighted by molar-refractivity contribution is 0.102. The highest BCUT2D eigenvalue weighted by molar-refractivity contribution is 6.02. The van der Waals surface area contributed by atoms with E-state index in [1.54, 1.807) is 6.20 Å². The van der Waals surface area contributed by atoms with Crippen LogP contribution in [0.4, 0.5) is 22.9 Å². The third-order valence-corrected chi connectivity index (χ3v) is 4.46. The Labute approximate surface area is 165 Å². The highest BCUT2D eigenvalue weighted by Gasteiger charge is 2.09. The second-order valence-corrected chi connectivity index (χ2v) is 6.45. The van der Waals surface area contributed by atoms with Crippen LogP contribution in [0.25, 0.3) is 0 Å². The van der Waals surface area contributed by atoms with Crippen LogP contribution in [0.3, 0.4) is 0 Å². The van der Waals surface area contributed by atoms with E-state index in [9.17, 15) is 4.79 Å². The van der Waals surface area contributed by atoms with Crippen molar-refractivity contribution in [2.45, 2.75) is 20.8 Å². The number of nitrogens with zero attached hydrogens (tertiary/aromatic N) is 3. The molecule has 0 aliphatic carbocycles. The molecule has 1 heterocycles. The van der Waals surface area contributed by atoms with Crippen LogP contribution in [0, 0.1) is 6.92 Å². The van der Waals surface area contributed by atoms with E-state index in [1.165, 1.54) is 11.9 Å². The van der Waals surface area contributed by atoms with Crippen molar-refractivity contribution in [3.63, 3.8) is 0 Å². The van der Waals surface area contributed by atoms with Gasteiger partial charge in [0.25, 0.3) is 5.91 Å². The normalized spacial score (nSPS) is 10.4. The van der Waals surface area contributed by atoms with E-state index in [4.69, 9.17) is 0 Å². The number of amides is 1. The summed E-state index contributed by atoms with van der Waals surface area (Å²) in [6.07, 6.45) is 3.03. The molecule has 28 heavy (non-hydrogen) atoms. The van der Waals surface area contributed by atoms with Gasteiger partial charge in [-0.1, -0.05) is 17.7 Å². The molecule has 0 saturated heterocycles. The standard InChI is InChI=1S/C22H25N5O/c1-4-27(5-2)19-12-10-17(11-13-19)25-21-15-23-20(14-24-21)22(28)26-18-8-6-16(3)7-9-18/h6-15H,4-5H2,1-3H3,(H,24,25)(H,26,28). The number of carbonyl (C=O) groups excluding carboxylic acids is 1. The van der Waals surface area contributed by atoms with Gasteiger partial charge in [-0.25, -0.2) is 9.97 Å². The Morgan fingerprint density at radius 3 is 2.11 bits per heavy atom. The zero-order chi connectivity index (χ0) is 19.9. The lowest BCUT2D eigenvalue weighted by atomic mass is 10.2. The number of nitrogens with one attached hydrogen (secondary N) is 2. The minimum atomic E-state index is -0.286. The average Bonchev–Trinajstić information content (AvgIpc) is 2.72. The Bertz CT molecular complexity index is 901. The summed E-state index contributed by atoms with van der Waals surface area (Å²) >= 11 is 0. The van der Waals surface area contributed by atoms with Gasteiger partial charge in [-0.05, 0) is 57.2 Å². The zero-order valence-electron chi connectivity index (χ0n) is 16.4. The molecule has 2 aromatic carbocycles. The molecule has 3 rings (SSSR count). The Hall–Kier alpha value is -3.41. The van der Waals surface area contributed by atoms with Crippen molar-refractivity contribution in [1.82, 2.24) is 9.97 Å². The van der Waals surface area contributed by atoms with Gasteiger partial charge >= 0.3 is 0 Å². The average molecular weight is 375 g/mol. The Kier molecular flexibility index (Phi) is 6.22. The van der Waals surface area contributed by atoms with Gasteiger partial charge in [-0.2, -0.15) is 0 Å². The first kappa shape index (κ1) is 19.4. The summed E-state index contributed by atoms with van der Waals surface area (Å²) in [5.74, 6) is 0.300. The highest BCUT2D eigenvalue weighted by Crippen LogP contribution is 2.20. The summed E-state index contributed by atoms with van der Waals surface area (Å²) < 4.78 is 0. The van der Waals surface area contributed by atoms with Crippen LogP contribution in [0.2, 0.25) is 0 Å². The number of aryl methyl sites for hydroxylation is 1. The third kappa shape index (κ3) is 4.85. The molecule has 0 saturated carbocycles. The summed E-state index contributed by atoms with van der Waals surface area (Å²) in [4.78, 5) is 23.1. The van der Waals surface area contributed by atoms with E-state index in [1.807, 2.05) is 43.3 Å². The van der Waals surface area contributed by atoms with E-state index in [0.717, 1.165) is 30.0 Å². The number of aromatic nitrogens is 2. The molecule has 144 valence electrons. The lowest BCUT2D eigenvalue weighted by Gasteiger charge is -2.21. The maximum Gasteiger partial charge on any atom is 0.275 e. The predicted molar refractivity (Wildman–Crippen MR) is 114 cm³/mol. The van der Waals surface area contributed by atoms with E-state index in [-0.39, 0.29) is 11.6 Å². The molecule has 0 atom stereocenters. The number of rotatable bonds is 7. The monoisotopic (exact) mass is 375 g/mol. The molecule has 0 aliphatic rings. The number of benzene rings is 2. The predicted octanol–water partition coefficient (Wildman–Crippen LogP) is 4.63. The summed E-state index contributed by atoms with van der Waals surface area (Å²) in [5.41, 5.74) is 4.24. The smallest absolute Gasteiger partial charge is 0.275 e. The lowest BCUT2D eigenvalue weighted by Crippen LogP contribution is -2.21. The van der Waals surface area contributed by atoms with Crippen LogP contribution in [0.1, 0.15) is 29.9 Å². The van der Waals surface area contributed by atoms with Crippen molar-refractivity contribution in [2.75, 3.05) is 28.6 Å². The molecule has 0 fully saturated rings. The van der Waals surface area contributed by atoms with Crippen molar-refractivity contribution in [1.29, 1.82) is 0 Å². The molecule has 0 bridgehead atoms. The number of anilines is 4. The maximum atomic E-state index is 12.3. The topological polar surface area (TPSA) is 70.2 Å². The van der Waals surface area contributed by atoms with Crippen LogP contribution in [0.15, 0.2) is 60.9 Å². The second kappa shape index (κ2) is 8.99. The highest BCUT2D eigenvalue weighted by atomic mass is 16.1. The SMILES string of the molecule is CCN(CC)c1ccc(Nc2cnc(C(=O)Nc3ccc(C)cc3)cn2)cc1. The van der Waals surface area contributed by atoms with E-state index < -0.39 is 0 Å². The fourth-order valence-corrected chi connectivity index (χ4v) is 2.83. The number of hydrogen-bond acceptors (Lipinski definition) is 5. The molecule has 1 aromatic heterocycles. The van der Waals surface area contributed by atoms with E-state index in [0.29, 0.717) is 5.82 Å². The molecule has 1 amide bonds. The Morgan fingerprint density at radius 2 is 1.54 bits per heavy atom. The quantitative estimate of drug-likeness (QED) is 0.630. The first-order chi connectivity index (χ1) is 13.6. The van der Waals surface area contributed by atoms with Crippen molar-refractivity contribution in [2.24, 2.45) is 0 Å². The van der Waals surface area contributed by atoms with Gasteiger partial charge in [-0.3, -0.25) is 4.79 Å². The van der Waals surface area contributed by atoms with Gasteiger partial charge in [0.2, 0.25) is 0 Å². The molecule has 0 aliphatic heterocycles. The summed E-state index contributed by atoms with van der Waals surface area (Å²) in [6, 6.07) is 15.8. The van der Waals surface area contributed by atoms with Gasteiger partial charge in [0.15, 0.2) is 0 Å². The zero-order valence-corrected chi connectivity index (χ0v) is 16.4. The van der Waals surface area contributed by atoms with E-state index in [2.05, 4.69) is 51.5 Å². The molecule has 0 radical (unpaired) electrons. The van der Waals surface area contributed by atoms with Gasteiger partial charge < -0.3 is 15.5 Å². The first-order valence-corrected chi connectivity index (χ1v) is 9.41. The third-order valence-electron chi connectivity index (χ3n) is 4.46. The van der Waals surface area contributed by atoms with Crippen LogP contribution in [0.5, 0.6) is 0 Å². The fraction of sp³-hybridized carbons (Fsp3) is 0.227. The number of carbonyl (C=O) groups is 1. The van der Waals surface area contributed by atoms with E-state index >= 15 is 0 Å². The molecule has 0 spiro atoms. The molecule has 6 nitrogen and oxygen atoms in total. The van der Waals surface area contributed by atoms with Crippen LogP contribution in [-0.4, -0.2) is 29.0 Å². The number of hydrogen-bond donors (Lipinski definition) is 2. The largest absolute Gasteiger partial charge is 0.372 e. The van der Waals surface area contributed by atoms with Gasteiger partial charge in [-0.15, -0.1) is 0 Å². The van der Waals surface area contributed by atoms with Gasteiger partial charge in [0.05, 0.1) is 12.4 Å². The summed E-state index contributed by atoms with van der Waals surface area (Å²) in [7, 11) is 0. The molecule has 2 N–H and O–H groups in total. The van der Waals surface area contributed by atoms with Crippen molar-refractivity contribution < 1.29 is 4.79 Å². The van der Waals surface area contributed by atoms with Gasteiger partial charge in [0.1, 0.15) is 11.5 Å². The second-order valence-electron chi connectivity index (χ2n) is 6.45. The molecular weight excluding hydrogens is 350 g/mol. The summed E-state index contributed by atoms with van der Waals surface area (Å²) in [5, 5.41) is 6.02. The molecule has 6 heteroatoms. The fourth-order valence-electron chi connectivity index (χ4n) is 2.83. The van der Waals surface area contributed by atoms with Crippen molar-refractivity contribution in [3.8, 4) is 0 Å². The minimum Gasteiger partial charge on any atom is -0.372 e. The van der Waals surface area contributed by atoms with Crippen LogP contribution in [-0.2, 0) is 0 Å². The minimum absolute atomic E-state index is 0.267. The summed E-state index contributed by atoms with van der Waals surface area (Å²) in [6.45, 7) is 8.23. The van der Waals surface area contributed by atoms with Gasteiger partial charge in [0, 0.05) is 30.2 Å². The molecule has 3 aromatic rings. The molecule has 0 unspecified atom stereocenters. The molecular formula is C22H25N5O. The first-order valence-electron chi connectivity index (χ1n) is 9.41. The van der Waals surface area contributed by atoms with Crippen LogP contribution >= 0.6 is 0 Å². The van der Waals surface area contributed by atoms with Crippen molar-refractivity contribution >= 4 is 28.8 Å². The Morgan fingerprint density at radius 1 is 0.893 bits per heavy atom. The maximum absolute atomic E-state index is 12.3.